The Morgan fingerprint density at radius 1 is 1.33 bits per heavy atom. The molecule has 108 valence electrons. The van der Waals surface area contributed by atoms with E-state index in [1.165, 1.54) is 0 Å². The van der Waals surface area contributed by atoms with Crippen molar-refractivity contribution in [3.05, 3.63) is 65.0 Å². The first-order valence-electron chi connectivity index (χ1n) is 7.11. The fraction of sp³-hybridized carbons (Fsp3) is 0.294. The second-order valence-electron chi connectivity index (χ2n) is 5.46. The minimum atomic E-state index is -0.559. The molecule has 1 aromatic carbocycles. The highest BCUT2D eigenvalue weighted by molar-refractivity contribution is 5.79. The number of hydrogen-bond acceptors (Lipinski definition) is 3. The Morgan fingerprint density at radius 3 is 2.95 bits per heavy atom. The van der Waals surface area contributed by atoms with Crippen LogP contribution in [0.4, 0.5) is 0 Å². The van der Waals surface area contributed by atoms with Gasteiger partial charge in [0, 0.05) is 12.6 Å². The van der Waals surface area contributed by atoms with Crippen LogP contribution in [0.25, 0.3) is 0 Å². The maximum atomic E-state index is 12.2. The average molecular weight is 282 g/mol. The van der Waals surface area contributed by atoms with Crippen LogP contribution in [0.2, 0.25) is 0 Å². The molecule has 0 aliphatic heterocycles. The smallest absolute Gasteiger partial charge is 0.226 e. The van der Waals surface area contributed by atoms with Gasteiger partial charge in [-0.25, -0.2) is 0 Å². The number of hydrogen-bond donors (Lipinski definition) is 2. The number of aliphatic hydroxyl groups excluding tert-OH is 1. The van der Waals surface area contributed by atoms with E-state index in [4.69, 9.17) is 0 Å². The molecule has 2 atom stereocenters. The Hall–Kier alpha value is -2.20. The number of aliphatic hydroxyl groups is 1. The molecule has 2 aromatic rings. The van der Waals surface area contributed by atoms with E-state index in [2.05, 4.69) is 10.3 Å². The molecule has 3 rings (SSSR count). The Balaban J connectivity index is 1.72. The van der Waals surface area contributed by atoms with Crippen LogP contribution in [0.15, 0.2) is 42.6 Å². The number of aromatic nitrogens is 1. The van der Waals surface area contributed by atoms with E-state index in [1.807, 2.05) is 43.3 Å². The Kier molecular flexibility index (Phi) is 3.71. The number of fused-ring (bicyclic) bond motifs is 1. The van der Waals surface area contributed by atoms with Crippen molar-refractivity contribution in [2.24, 2.45) is 0 Å². The fourth-order valence-electron chi connectivity index (χ4n) is 2.83. The summed E-state index contributed by atoms with van der Waals surface area (Å²) in [4.78, 5) is 16.4. The van der Waals surface area contributed by atoms with Crippen molar-refractivity contribution in [3.8, 4) is 0 Å². The maximum absolute atomic E-state index is 12.2. The molecule has 2 N–H and O–H groups in total. The van der Waals surface area contributed by atoms with Gasteiger partial charge in [-0.1, -0.05) is 30.3 Å². The molecule has 1 aliphatic carbocycles. The van der Waals surface area contributed by atoms with Crippen LogP contribution in [-0.4, -0.2) is 22.1 Å². The van der Waals surface area contributed by atoms with Gasteiger partial charge in [0.1, 0.15) is 0 Å². The first-order valence-corrected chi connectivity index (χ1v) is 7.11. The number of carbonyl (C=O) groups is 1. The number of rotatable bonds is 3. The lowest BCUT2D eigenvalue weighted by Crippen LogP contribution is -2.35. The molecular formula is C17H18N2O2. The lowest BCUT2D eigenvalue weighted by molar-refractivity contribution is -0.122. The van der Waals surface area contributed by atoms with Crippen molar-refractivity contribution in [1.82, 2.24) is 10.3 Å². The summed E-state index contributed by atoms with van der Waals surface area (Å²) in [7, 11) is 0. The first-order chi connectivity index (χ1) is 10.1. The second kappa shape index (κ2) is 5.66. The topological polar surface area (TPSA) is 62.2 Å². The summed E-state index contributed by atoms with van der Waals surface area (Å²) in [5.41, 5.74) is 3.89. The predicted octanol–water partition coefficient (Wildman–Crippen LogP) is 1.71. The van der Waals surface area contributed by atoms with Crippen molar-refractivity contribution in [2.75, 3.05) is 0 Å². The van der Waals surface area contributed by atoms with Gasteiger partial charge in [-0.15, -0.1) is 0 Å². The number of pyridine rings is 1. The Bertz CT molecular complexity index is 669. The zero-order valence-electron chi connectivity index (χ0n) is 11.9. The number of carbonyl (C=O) groups excluding carboxylic acids is 1. The summed E-state index contributed by atoms with van der Waals surface area (Å²) in [6.45, 7) is 1.94. The van der Waals surface area contributed by atoms with Crippen LogP contribution < -0.4 is 5.32 Å². The number of aryl methyl sites for hydroxylation is 1. The van der Waals surface area contributed by atoms with E-state index in [-0.39, 0.29) is 18.4 Å². The highest BCUT2D eigenvalue weighted by Crippen LogP contribution is 2.31. The largest absolute Gasteiger partial charge is 0.390 e. The SMILES string of the molecule is Cc1cccnc1CC(=O)N[C@H]1c2ccccc2C[C@H]1O. The summed E-state index contributed by atoms with van der Waals surface area (Å²) in [6.07, 6.45) is 1.95. The van der Waals surface area contributed by atoms with Crippen LogP contribution >= 0.6 is 0 Å². The van der Waals surface area contributed by atoms with Crippen molar-refractivity contribution in [1.29, 1.82) is 0 Å². The van der Waals surface area contributed by atoms with Crippen LogP contribution in [0.5, 0.6) is 0 Å². The summed E-state index contributed by atoms with van der Waals surface area (Å²) in [5.74, 6) is -0.113. The van der Waals surface area contributed by atoms with Gasteiger partial charge in [0.05, 0.1) is 24.3 Å². The fourth-order valence-corrected chi connectivity index (χ4v) is 2.83. The maximum Gasteiger partial charge on any atom is 0.226 e. The van der Waals surface area contributed by atoms with Crippen LogP contribution in [0.3, 0.4) is 0 Å². The van der Waals surface area contributed by atoms with Crippen LogP contribution in [0, 0.1) is 6.92 Å². The van der Waals surface area contributed by atoms with Gasteiger partial charge in [0.25, 0.3) is 0 Å². The summed E-state index contributed by atoms with van der Waals surface area (Å²) >= 11 is 0. The third-order valence-electron chi connectivity index (χ3n) is 3.97. The summed E-state index contributed by atoms with van der Waals surface area (Å²) < 4.78 is 0. The van der Waals surface area contributed by atoms with Crippen molar-refractivity contribution in [2.45, 2.75) is 31.9 Å². The van der Waals surface area contributed by atoms with Gasteiger partial charge in [0.2, 0.25) is 5.91 Å². The molecule has 0 spiro atoms. The molecule has 0 unspecified atom stereocenters. The molecule has 1 aromatic heterocycles. The van der Waals surface area contributed by atoms with Crippen LogP contribution in [0.1, 0.15) is 28.4 Å². The van der Waals surface area contributed by atoms with Gasteiger partial charge in [-0.05, 0) is 29.7 Å². The minimum absolute atomic E-state index is 0.113. The number of benzene rings is 1. The molecule has 1 heterocycles. The predicted molar refractivity (Wildman–Crippen MR) is 79.7 cm³/mol. The highest BCUT2D eigenvalue weighted by atomic mass is 16.3. The molecule has 0 saturated carbocycles. The molecule has 4 nitrogen and oxygen atoms in total. The molecule has 1 amide bonds. The van der Waals surface area contributed by atoms with E-state index < -0.39 is 6.10 Å². The van der Waals surface area contributed by atoms with Crippen molar-refractivity contribution < 1.29 is 9.90 Å². The number of nitrogens with one attached hydrogen (secondary N) is 1. The van der Waals surface area contributed by atoms with Crippen molar-refractivity contribution in [3.63, 3.8) is 0 Å². The molecule has 0 fully saturated rings. The first kappa shape index (κ1) is 13.8. The highest BCUT2D eigenvalue weighted by Gasteiger charge is 2.31. The van der Waals surface area contributed by atoms with E-state index in [9.17, 15) is 9.90 Å². The lowest BCUT2D eigenvalue weighted by atomic mass is 10.1. The number of amides is 1. The molecule has 1 aliphatic rings. The molecule has 0 radical (unpaired) electrons. The van der Waals surface area contributed by atoms with Crippen molar-refractivity contribution >= 4 is 5.91 Å². The third kappa shape index (κ3) is 2.81. The summed E-state index contributed by atoms with van der Waals surface area (Å²) in [5, 5.41) is 13.1. The Morgan fingerprint density at radius 2 is 2.14 bits per heavy atom. The standard InChI is InChI=1S/C17H18N2O2/c1-11-5-4-8-18-14(11)10-16(21)19-17-13-7-3-2-6-12(13)9-15(17)20/h2-8,15,17,20H,9-10H2,1H3,(H,19,21)/t15-,17+/m1/s1. The minimum Gasteiger partial charge on any atom is -0.390 e. The third-order valence-corrected chi connectivity index (χ3v) is 3.97. The molecule has 21 heavy (non-hydrogen) atoms. The normalized spacial score (nSPS) is 20.1. The van der Waals surface area contributed by atoms with E-state index in [1.54, 1.807) is 6.20 Å². The quantitative estimate of drug-likeness (QED) is 0.901. The second-order valence-corrected chi connectivity index (χ2v) is 5.46. The van der Waals surface area contributed by atoms with Gasteiger partial charge in [-0.2, -0.15) is 0 Å². The average Bonchev–Trinajstić information content (AvgIpc) is 2.78. The van der Waals surface area contributed by atoms with Crippen LogP contribution in [-0.2, 0) is 17.6 Å². The lowest BCUT2D eigenvalue weighted by Gasteiger charge is -2.18. The van der Waals surface area contributed by atoms with Gasteiger partial charge < -0.3 is 10.4 Å². The number of nitrogens with zero attached hydrogens (tertiary/aromatic N) is 1. The van der Waals surface area contributed by atoms with Gasteiger partial charge in [-0.3, -0.25) is 9.78 Å². The van der Waals surface area contributed by atoms with E-state index >= 15 is 0 Å². The monoisotopic (exact) mass is 282 g/mol. The zero-order valence-corrected chi connectivity index (χ0v) is 11.9. The molecule has 4 heteroatoms. The molecule has 0 saturated heterocycles. The zero-order chi connectivity index (χ0) is 14.8. The molecule has 0 bridgehead atoms. The van der Waals surface area contributed by atoms with Gasteiger partial charge in [0.15, 0.2) is 0 Å². The van der Waals surface area contributed by atoms with E-state index in [0.717, 1.165) is 22.4 Å². The van der Waals surface area contributed by atoms with Gasteiger partial charge >= 0.3 is 0 Å². The molecular weight excluding hydrogens is 264 g/mol. The Labute approximate surface area is 123 Å². The summed E-state index contributed by atoms with van der Waals surface area (Å²) in [6, 6.07) is 11.3. The van der Waals surface area contributed by atoms with E-state index in [0.29, 0.717) is 6.42 Å².